The van der Waals surface area contributed by atoms with Gasteiger partial charge in [-0.3, -0.25) is 4.79 Å². The summed E-state index contributed by atoms with van der Waals surface area (Å²) < 4.78 is 10.7. The summed E-state index contributed by atoms with van der Waals surface area (Å²) in [5.41, 5.74) is 6.74. The van der Waals surface area contributed by atoms with Crippen molar-refractivity contribution in [3.8, 4) is 17.6 Å². The lowest BCUT2D eigenvalue weighted by Gasteiger charge is -2.22. The fraction of sp³-hybridized carbons (Fsp3) is 0.438. The van der Waals surface area contributed by atoms with Gasteiger partial charge in [0.1, 0.15) is 11.9 Å². The Morgan fingerprint density at radius 3 is 3.05 bits per heavy atom. The van der Waals surface area contributed by atoms with Gasteiger partial charge in [-0.2, -0.15) is 0 Å². The average Bonchev–Trinajstić information content (AvgIpc) is 2.54. The Hall–Kier alpha value is -2.03. The zero-order valence-corrected chi connectivity index (χ0v) is 12.1. The SMILES string of the molecule is COc1ccc(C#CCN)cc1NC(=O)C1CCCCO1. The van der Waals surface area contributed by atoms with Gasteiger partial charge in [0, 0.05) is 12.2 Å². The van der Waals surface area contributed by atoms with Crippen molar-refractivity contribution in [1.29, 1.82) is 0 Å². The van der Waals surface area contributed by atoms with E-state index in [-0.39, 0.29) is 12.0 Å². The number of benzene rings is 1. The molecule has 5 nitrogen and oxygen atoms in total. The number of carbonyl (C=O) groups is 1. The van der Waals surface area contributed by atoms with Gasteiger partial charge in [-0.1, -0.05) is 11.8 Å². The van der Waals surface area contributed by atoms with Crippen LogP contribution in [0, 0.1) is 11.8 Å². The first-order valence-corrected chi connectivity index (χ1v) is 7.04. The molecular weight excluding hydrogens is 268 g/mol. The first-order chi connectivity index (χ1) is 10.2. The maximum Gasteiger partial charge on any atom is 0.253 e. The lowest BCUT2D eigenvalue weighted by Crippen LogP contribution is -2.33. The Kier molecular flexibility index (Phi) is 5.61. The Morgan fingerprint density at radius 1 is 1.52 bits per heavy atom. The molecule has 5 heteroatoms. The van der Waals surface area contributed by atoms with Crippen molar-refractivity contribution in [3.05, 3.63) is 23.8 Å². The van der Waals surface area contributed by atoms with Crippen LogP contribution in [0.2, 0.25) is 0 Å². The third kappa shape index (κ3) is 4.22. The first-order valence-electron chi connectivity index (χ1n) is 7.04. The number of ether oxygens (including phenoxy) is 2. The van der Waals surface area contributed by atoms with E-state index >= 15 is 0 Å². The predicted molar refractivity (Wildman–Crippen MR) is 81.1 cm³/mol. The molecule has 1 saturated heterocycles. The Morgan fingerprint density at radius 2 is 2.38 bits per heavy atom. The van der Waals surface area contributed by atoms with Crippen molar-refractivity contribution in [3.63, 3.8) is 0 Å². The van der Waals surface area contributed by atoms with Crippen molar-refractivity contribution in [2.75, 3.05) is 25.6 Å². The highest BCUT2D eigenvalue weighted by Gasteiger charge is 2.22. The third-order valence-electron chi connectivity index (χ3n) is 3.26. The smallest absolute Gasteiger partial charge is 0.253 e. The van der Waals surface area contributed by atoms with E-state index < -0.39 is 0 Å². The third-order valence-corrected chi connectivity index (χ3v) is 3.26. The van der Waals surface area contributed by atoms with Gasteiger partial charge in [0.15, 0.2) is 0 Å². The number of rotatable bonds is 3. The number of amides is 1. The predicted octanol–water partition coefficient (Wildman–Crippen LogP) is 1.51. The number of anilines is 1. The van der Waals surface area contributed by atoms with Gasteiger partial charge in [0.25, 0.3) is 5.91 Å². The molecule has 1 heterocycles. The molecular formula is C16H20N2O3. The fourth-order valence-corrected chi connectivity index (χ4v) is 2.20. The molecule has 0 saturated carbocycles. The number of methoxy groups -OCH3 is 1. The van der Waals surface area contributed by atoms with Gasteiger partial charge in [-0.15, -0.1) is 0 Å². The minimum atomic E-state index is -0.387. The van der Waals surface area contributed by atoms with Crippen molar-refractivity contribution >= 4 is 11.6 Å². The van der Waals surface area contributed by atoms with E-state index in [1.807, 2.05) is 6.07 Å². The van der Waals surface area contributed by atoms with Crippen LogP contribution in [0.1, 0.15) is 24.8 Å². The number of nitrogens with one attached hydrogen (secondary N) is 1. The molecule has 2 rings (SSSR count). The molecule has 1 amide bonds. The number of hydrogen-bond acceptors (Lipinski definition) is 4. The highest BCUT2D eigenvalue weighted by molar-refractivity contribution is 5.95. The molecule has 1 aromatic carbocycles. The molecule has 1 fully saturated rings. The highest BCUT2D eigenvalue weighted by Crippen LogP contribution is 2.26. The molecule has 1 aliphatic rings. The second-order valence-electron chi connectivity index (χ2n) is 4.77. The van der Waals surface area contributed by atoms with Gasteiger partial charge in [0.05, 0.1) is 19.3 Å². The Balaban J connectivity index is 2.14. The minimum absolute atomic E-state index is 0.142. The van der Waals surface area contributed by atoms with Crippen LogP contribution >= 0.6 is 0 Å². The minimum Gasteiger partial charge on any atom is -0.495 e. The topological polar surface area (TPSA) is 73.6 Å². The standard InChI is InChI=1S/C16H20N2O3/c1-20-14-8-7-12(5-4-9-17)11-13(14)18-16(19)15-6-2-3-10-21-15/h7-8,11,15H,2-3,6,9-10,17H2,1H3,(H,18,19). The Bertz CT molecular complexity index is 554. The van der Waals surface area contributed by atoms with Gasteiger partial charge < -0.3 is 20.5 Å². The van der Waals surface area contributed by atoms with Crippen molar-refractivity contribution in [2.45, 2.75) is 25.4 Å². The number of carbonyl (C=O) groups excluding carboxylic acids is 1. The van der Waals surface area contributed by atoms with Gasteiger partial charge in [-0.25, -0.2) is 0 Å². The molecule has 1 atom stereocenters. The van der Waals surface area contributed by atoms with Gasteiger partial charge >= 0.3 is 0 Å². The molecule has 112 valence electrons. The van der Waals surface area contributed by atoms with Crippen LogP contribution in [0.3, 0.4) is 0 Å². The summed E-state index contributed by atoms with van der Waals surface area (Å²) in [5.74, 6) is 6.17. The maximum atomic E-state index is 12.2. The highest BCUT2D eigenvalue weighted by atomic mass is 16.5. The molecule has 0 aliphatic carbocycles. The molecule has 1 unspecified atom stereocenters. The van der Waals surface area contributed by atoms with Crippen LogP contribution < -0.4 is 15.8 Å². The Labute approximate surface area is 124 Å². The van der Waals surface area contributed by atoms with E-state index in [1.54, 1.807) is 19.2 Å². The van der Waals surface area contributed by atoms with Crippen LogP contribution in [-0.2, 0) is 9.53 Å². The second kappa shape index (κ2) is 7.67. The fourth-order valence-electron chi connectivity index (χ4n) is 2.20. The molecule has 1 aliphatic heterocycles. The van der Waals surface area contributed by atoms with E-state index in [4.69, 9.17) is 15.2 Å². The molecule has 0 bridgehead atoms. The molecule has 1 aromatic rings. The molecule has 0 spiro atoms. The summed E-state index contributed by atoms with van der Waals surface area (Å²) in [4.78, 5) is 12.2. The van der Waals surface area contributed by atoms with E-state index in [2.05, 4.69) is 17.2 Å². The number of nitrogens with two attached hydrogens (primary N) is 1. The average molecular weight is 288 g/mol. The van der Waals surface area contributed by atoms with Crippen LogP contribution in [-0.4, -0.2) is 32.3 Å². The van der Waals surface area contributed by atoms with Crippen molar-refractivity contribution in [1.82, 2.24) is 0 Å². The van der Waals surface area contributed by atoms with Gasteiger partial charge in [0.2, 0.25) is 0 Å². The van der Waals surface area contributed by atoms with Crippen molar-refractivity contribution < 1.29 is 14.3 Å². The molecule has 3 N–H and O–H groups in total. The first kappa shape index (κ1) is 15.4. The summed E-state index contributed by atoms with van der Waals surface area (Å²) in [5, 5.41) is 2.86. The lowest BCUT2D eigenvalue weighted by atomic mass is 10.1. The van der Waals surface area contributed by atoms with Crippen LogP contribution in [0.25, 0.3) is 0 Å². The van der Waals surface area contributed by atoms with E-state index in [0.717, 1.165) is 24.8 Å². The lowest BCUT2D eigenvalue weighted by molar-refractivity contribution is -0.129. The normalized spacial score (nSPS) is 17.5. The van der Waals surface area contributed by atoms with Crippen molar-refractivity contribution in [2.24, 2.45) is 5.73 Å². The van der Waals surface area contributed by atoms with E-state index in [1.165, 1.54) is 0 Å². The number of hydrogen-bond donors (Lipinski definition) is 2. The quantitative estimate of drug-likeness (QED) is 0.827. The molecule has 0 aromatic heterocycles. The van der Waals surface area contributed by atoms with Gasteiger partial charge in [-0.05, 0) is 37.5 Å². The summed E-state index contributed by atoms with van der Waals surface area (Å²) in [7, 11) is 1.56. The summed E-state index contributed by atoms with van der Waals surface area (Å²) in [6.45, 7) is 0.931. The van der Waals surface area contributed by atoms with E-state index in [0.29, 0.717) is 24.6 Å². The second-order valence-corrected chi connectivity index (χ2v) is 4.77. The molecule has 21 heavy (non-hydrogen) atoms. The van der Waals surface area contributed by atoms with Crippen LogP contribution in [0.15, 0.2) is 18.2 Å². The summed E-state index contributed by atoms with van der Waals surface area (Å²) >= 11 is 0. The monoisotopic (exact) mass is 288 g/mol. The zero-order chi connectivity index (χ0) is 15.1. The van der Waals surface area contributed by atoms with Crippen LogP contribution in [0.5, 0.6) is 5.75 Å². The van der Waals surface area contributed by atoms with Crippen LogP contribution in [0.4, 0.5) is 5.69 Å². The van der Waals surface area contributed by atoms with E-state index in [9.17, 15) is 4.79 Å². The summed E-state index contributed by atoms with van der Waals surface area (Å²) in [6.07, 6.45) is 2.39. The summed E-state index contributed by atoms with van der Waals surface area (Å²) in [6, 6.07) is 5.38. The molecule has 0 radical (unpaired) electrons. The maximum absolute atomic E-state index is 12.2. The zero-order valence-electron chi connectivity index (χ0n) is 12.1. The largest absolute Gasteiger partial charge is 0.495 e.